The third kappa shape index (κ3) is 5.28. The monoisotopic (exact) mass is 406 g/mol. The highest BCUT2D eigenvalue weighted by Crippen LogP contribution is 2.15. The van der Waals surface area contributed by atoms with Crippen LogP contribution in [0.3, 0.4) is 0 Å². The molecule has 1 atom stereocenters. The third-order valence-corrected chi connectivity index (χ3v) is 4.28. The number of amides is 2. The number of anilines is 1. The number of tetrazole rings is 1. The summed E-state index contributed by atoms with van der Waals surface area (Å²) in [6, 6.07) is 13.7. The van der Waals surface area contributed by atoms with Crippen LogP contribution in [-0.4, -0.2) is 45.2 Å². The molecule has 154 valence electrons. The van der Waals surface area contributed by atoms with E-state index < -0.39 is 6.04 Å². The summed E-state index contributed by atoms with van der Waals surface area (Å²) in [7, 11) is 1.59. The number of rotatable bonds is 7. The molecule has 3 rings (SSSR count). The lowest BCUT2D eigenvalue weighted by molar-refractivity contribution is -0.123. The molecule has 0 fully saturated rings. The average molecular weight is 406 g/mol. The zero-order valence-electron chi connectivity index (χ0n) is 16.9. The number of ether oxygens (including phenoxy) is 1. The second-order valence-corrected chi connectivity index (χ2v) is 6.51. The molecule has 0 aliphatic heterocycles. The van der Waals surface area contributed by atoms with Gasteiger partial charge < -0.3 is 15.4 Å². The van der Waals surface area contributed by atoms with Crippen LogP contribution in [0.1, 0.15) is 18.3 Å². The first-order valence-electron chi connectivity index (χ1n) is 9.25. The van der Waals surface area contributed by atoms with E-state index in [1.165, 1.54) is 6.08 Å². The van der Waals surface area contributed by atoms with Crippen molar-refractivity contribution < 1.29 is 14.3 Å². The molecule has 2 aromatic carbocycles. The molecule has 0 aliphatic rings. The van der Waals surface area contributed by atoms with Gasteiger partial charge in [0.05, 0.1) is 12.8 Å². The Labute approximate surface area is 173 Å². The van der Waals surface area contributed by atoms with Crippen LogP contribution in [0.15, 0.2) is 54.6 Å². The molecule has 0 spiro atoms. The molecular weight excluding hydrogens is 384 g/mol. The molecule has 0 bridgehead atoms. The Hall–Kier alpha value is -4.01. The van der Waals surface area contributed by atoms with Gasteiger partial charge in [0.2, 0.25) is 11.8 Å². The summed E-state index contributed by atoms with van der Waals surface area (Å²) in [5, 5.41) is 16.8. The summed E-state index contributed by atoms with van der Waals surface area (Å²) in [5.41, 5.74) is 2.13. The largest absolute Gasteiger partial charge is 0.497 e. The number of nitrogens with one attached hydrogen (secondary N) is 2. The van der Waals surface area contributed by atoms with E-state index in [4.69, 9.17) is 4.74 Å². The van der Waals surface area contributed by atoms with E-state index in [0.29, 0.717) is 11.5 Å². The maximum absolute atomic E-state index is 12.4. The van der Waals surface area contributed by atoms with E-state index in [2.05, 4.69) is 26.2 Å². The van der Waals surface area contributed by atoms with Crippen LogP contribution < -0.4 is 15.4 Å². The van der Waals surface area contributed by atoms with Crippen LogP contribution in [0.5, 0.6) is 5.75 Å². The Morgan fingerprint density at radius 2 is 1.93 bits per heavy atom. The molecule has 0 aliphatic carbocycles. The topological polar surface area (TPSA) is 111 Å². The molecule has 9 heteroatoms. The molecule has 0 radical (unpaired) electrons. The van der Waals surface area contributed by atoms with Crippen LogP contribution in [0, 0.1) is 6.92 Å². The van der Waals surface area contributed by atoms with E-state index in [1.807, 2.05) is 18.2 Å². The fraction of sp³-hybridized carbons (Fsp3) is 0.190. The van der Waals surface area contributed by atoms with Crippen molar-refractivity contribution in [2.45, 2.75) is 19.9 Å². The van der Waals surface area contributed by atoms with Gasteiger partial charge in [0.25, 0.3) is 0 Å². The Morgan fingerprint density at radius 3 is 2.60 bits per heavy atom. The van der Waals surface area contributed by atoms with E-state index in [9.17, 15) is 9.59 Å². The number of hydrogen-bond acceptors (Lipinski definition) is 6. The predicted octanol–water partition coefficient (Wildman–Crippen LogP) is 2.14. The van der Waals surface area contributed by atoms with Crippen LogP contribution in [0.4, 0.5) is 5.69 Å². The fourth-order valence-electron chi connectivity index (χ4n) is 2.65. The van der Waals surface area contributed by atoms with E-state index in [1.54, 1.807) is 62.0 Å². The summed E-state index contributed by atoms with van der Waals surface area (Å²) in [5.74, 6) is 0.655. The van der Waals surface area contributed by atoms with Crippen molar-refractivity contribution in [2.75, 3.05) is 12.4 Å². The zero-order valence-corrected chi connectivity index (χ0v) is 16.9. The normalized spacial score (nSPS) is 11.8. The number of aryl methyl sites for hydroxylation is 1. The maximum atomic E-state index is 12.4. The minimum atomic E-state index is -0.726. The SMILES string of the molecule is COc1ccc(/C=C/C(=O)NC(C)C(=O)Nc2cccc(-n3nnnc3C)c2)cc1. The van der Waals surface area contributed by atoms with E-state index in [-0.39, 0.29) is 11.8 Å². The number of carbonyl (C=O) groups is 2. The van der Waals surface area contributed by atoms with Gasteiger partial charge in [-0.15, -0.1) is 5.10 Å². The second kappa shape index (κ2) is 9.46. The first-order chi connectivity index (χ1) is 14.5. The molecule has 1 aromatic heterocycles. The second-order valence-electron chi connectivity index (χ2n) is 6.51. The van der Waals surface area contributed by atoms with Crippen molar-refractivity contribution in [3.63, 3.8) is 0 Å². The van der Waals surface area contributed by atoms with Gasteiger partial charge in [0.15, 0.2) is 5.82 Å². The minimum Gasteiger partial charge on any atom is -0.497 e. The van der Waals surface area contributed by atoms with Gasteiger partial charge in [-0.25, -0.2) is 0 Å². The first-order valence-corrected chi connectivity index (χ1v) is 9.25. The molecule has 0 saturated carbocycles. The smallest absolute Gasteiger partial charge is 0.246 e. The lowest BCUT2D eigenvalue weighted by Gasteiger charge is -2.13. The molecule has 30 heavy (non-hydrogen) atoms. The Bertz CT molecular complexity index is 1060. The fourth-order valence-corrected chi connectivity index (χ4v) is 2.65. The Kier molecular flexibility index (Phi) is 6.53. The summed E-state index contributed by atoms with van der Waals surface area (Å²) in [4.78, 5) is 24.6. The van der Waals surface area contributed by atoms with Gasteiger partial charge in [-0.05, 0) is 66.2 Å². The molecule has 2 N–H and O–H groups in total. The predicted molar refractivity (Wildman–Crippen MR) is 112 cm³/mol. The van der Waals surface area contributed by atoms with Gasteiger partial charge in [0.1, 0.15) is 11.8 Å². The van der Waals surface area contributed by atoms with E-state index >= 15 is 0 Å². The molecule has 9 nitrogen and oxygen atoms in total. The van der Waals surface area contributed by atoms with Crippen LogP contribution in [-0.2, 0) is 9.59 Å². The lowest BCUT2D eigenvalue weighted by Crippen LogP contribution is -2.40. The number of benzene rings is 2. The van der Waals surface area contributed by atoms with Crippen molar-refractivity contribution in [1.82, 2.24) is 25.5 Å². The molecule has 2 amide bonds. The van der Waals surface area contributed by atoms with Gasteiger partial charge >= 0.3 is 0 Å². The lowest BCUT2D eigenvalue weighted by atomic mass is 10.2. The highest BCUT2D eigenvalue weighted by molar-refractivity contribution is 5.99. The Balaban J connectivity index is 1.57. The molecule has 3 aromatic rings. The Morgan fingerprint density at radius 1 is 1.17 bits per heavy atom. The number of nitrogens with zero attached hydrogens (tertiary/aromatic N) is 4. The van der Waals surface area contributed by atoms with Crippen molar-refractivity contribution in [3.8, 4) is 11.4 Å². The number of hydrogen-bond donors (Lipinski definition) is 2. The highest BCUT2D eigenvalue weighted by Gasteiger charge is 2.15. The molecular formula is C21H22N6O3. The van der Waals surface area contributed by atoms with Crippen molar-refractivity contribution >= 4 is 23.6 Å². The molecule has 0 saturated heterocycles. The molecule has 1 unspecified atom stereocenters. The summed E-state index contributed by atoms with van der Waals surface area (Å²) in [6.45, 7) is 3.39. The van der Waals surface area contributed by atoms with E-state index in [0.717, 1.165) is 17.0 Å². The first kappa shape index (κ1) is 20.7. The summed E-state index contributed by atoms with van der Waals surface area (Å²) < 4.78 is 6.66. The summed E-state index contributed by atoms with van der Waals surface area (Å²) in [6.07, 6.45) is 3.05. The van der Waals surface area contributed by atoms with Crippen molar-refractivity contribution in [2.24, 2.45) is 0 Å². The van der Waals surface area contributed by atoms with Gasteiger partial charge in [-0.3, -0.25) is 9.59 Å². The number of aromatic nitrogens is 4. The number of carbonyl (C=O) groups excluding carboxylic acids is 2. The van der Waals surface area contributed by atoms with Crippen LogP contribution >= 0.6 is 0 Å². The number of methoxy groups -OCH3 is 1. The maximum Gasteiger partial charge on any atom is 0.246 e. The van der Waals surface area contributed by atoms with Gasteiger partial charge in [-0.2, -0.15) is 4.68 Å². The zero-order chi connectivity index (χ0) is 21.5. The van der Waals surface area contributed by atoms with Crippen molar-refractivity contribution in [3.05, 3.63) is 66.0 Å². The van der Waals surface area contributed by atoms with Crippen LogP contribution in [0.2, 0.25) is 0 Å². The highest BCUT2D eigenvalue weighted by atomic mass is 16.5. The van der Waals surface area contributed by atoms with Crippen LogP contribution in [0.25, 0.3) is 11.8 Å². The average Bonchev–Trinajstić information content (AvgIpc) is 3.18. The van der Waals surface area contributed by atoms with Gasteiger partial charge in [-0.1, -0.05) is 18.2 Å². The van der Waals surface area contributed by atoms with Gasteiger partial charge in [0, 0.05) is 11.8 Å². The van der Waals surface area contributed by atoms with Crippen molar-refractivity contribution in [1.29, 1.82) is 0 Å². The quantitative estimate of drug-likeness (QED) is 0.582. The standard InChI is InChI=1S/C21H22N6O3/c1-14(22-20(28)12-9-16-7-10-19(30-3)11-8-16)21(29)23-17-5-4-6-18(13-17)27-15(2)24-25-26-27/h4-14H,1-3H3,(H,22,28)(H,23,29)/b12-9+. The minimum absolute atomic E-state index is 0.341. The third-order valence-electron chi connectivity index (χ3n) is 4.28. The summed E-state index contributed by atoms with van der Waals surface area (Å²) >= 11 is 0. The molecule has 1 heterocycles.